The highest BCUT2D eigenvalue weighted by atomic mass is 32.2. The van der Waals surface area contributed by atoms with Gasteiger partial charge in [-0.1, -0.05) is 12.1 Å². The Morgan fingerprint density at radius 3 is 2.67 bits per heavy atom. The van der Waals surface area contributed by atoms with E-state index >= 15 is 0 Å². The number of hydrogen-bond donors (Lipinski definition) is 1. The Kier molecular flexibility index (Phi) is 5.26. The summed E-state index contributed by atoms with van der Waals surface area (Å²) in [5.41, 5.74) is 2.83. The SMILES string of the molecule is O=C(Nc1cccc(-c2nccc3ncccc23)c1)c1ccc(N2CCCS2(=O)=O)cc1F. The fourth-order valence-corrected chi connectivity index (χ4v) is 5.50. The number of aromatic nitrogens is 2. The maximum Gasteiger partial charge on any atom is 0.258 e. The Labute approximate surface area is 190 Å². The number of halogens is 1. The lowest BCUT2D eigenvalue weighted by molar-refractivity contribution is 0.102. The molecule has 2 aromatic heterocycles. The number of nitrogens with zero attached hydrogens (tertiary/aromatic N) is 3. The summed E-state index contributed by atoms with van der Waals surface area (Å²) in [6, 6.07) is 16.5. The summed E-state index contributed by atoms with van der Waals surface area (Å²) < 4.78 is 40.1. The van der Waals surface area contributed by atoms with Gasteiger partial charge >= 0.3 is 0 Å². The van der Waals surface area contributed by atoms with E-state index in [1.165, 1.54) is 16.4 Å². The van der Waals surface area contributed by atoms with E-state index in [4.69, 9.17) is 0 Å². The van der Waals surface area contributed by atoms with Crippen LogP contribution in [0, 0.1) is 5.82 Å². The third-order valence-corrected chi connectivity index (χ3v) is 7.38. The molecule has 0 atom stereocenters. The zero-order valence-corrected chi connectivity index (χ0v) is 18.2. The summed E-state index contributed by atoms with van der Waals surface area (Å²) >= 11 is 0. The lowest BCUT2D eigenvalue weighted by Gasteiger charge is -2.17. The first-order valence-electron chi connectivity index (χ1n) is 10.3. The third kappa shape index (κ3) is 4.03. The van der Waals surface area contributed by atoms with Crippen LogP contribution in [-0.2, 0) is 10.0 Å². The summed E-state index contributed by atoms with van der Waals surface area (Å²) in [6.45, 7) is 0.303. The van der Waals surface area contributed by atoms with Crippen molar-refractivity contribution in [3.63, 3.8) is 0 Å². The minimum absolute atomic E-state index is 0.0365. The fourth-order valence-electron chi connectivity index (χ4n) is 3.95. The van der Waals surface area contributed by atoms with Crippen molar-refractivity contribution in [1.82, 2.24) is 9.97 Å². The second-order valence-electron chi connectivity index (χ2n) is 7.67. The van der Waals surface area contributed by atoms with Crippen LogP contribution in [0.25, 0.3) is 22.2 Å². The minimum atomic E-state index is -3.43. The van der Waals surface area contributed by atoms with Crippen LogP contribution in [0.3, 0.4) is 0 Å². The molecular weight excluding hydrogens is 443 g/mol. The molecule has 7 nitrogen and oxygen atoms in total. The molecule has 1 saturated heterocycles. The largest absolute Gasteiger partial charge is 0.322 e. The maximum absolute atomic E-state index is 14.7. The van der Waals surface area contributed by atoms with E-state index in [-0.39, 0.29) is 17.0 Å². The molecule has 0 bridgehead atoms. The quantitative estimate of drug-likeness (QED) is 0.490. The van der Waals surface area contributed by atoms with Crippen molar-refractivity contribution in [2.24, 2.45) is 0 Å². The molecule has 1 N–H and O–H groups in total. The van der Waals surface area contributed by atoms with Gasteiger partial charge in [0, 0.05) is 35.6 Å². The van der Waals surface area contributed by atoms with Gasteiger partial charge in [-0.05, 0) is 55.0 Å². The van der Waals surface area contributed by atoms with Gasteiger partial charge in [0.15, 0.2) is 0 Å². The molecule has 5 rings (SSSR count). The molecule has 33 heavy (non-hydrogen) atoms. The van der Waals surface area contributed by atoms with E-state index in [1.807, 2.05) is 24.3 Å². The smallest absolute Gasteiger partial charge is 0.258 e. The third-order valence-electron chi connectivity index (χ3n) is 5.51. The van der Waals surface area contributed by atoms with Gasteiger partial charge in [0.25, 0.3) is 5.91 Å². The van der Waals surface area contributed by atoms with Crippen molar-refractivity contribution in [1.29, 1.82) is 0 Å². The average Bonchev–Trinajstić information content (AvgIpc) is 3.17. The van der Waals surface area contributed by atoms with Crippen LogP contribution < -0.4 is 9.62 Å². The standard InChI is InChI=1S/C24H19FN4O3S/c25-21-15-18(29-12-3-13-33(29,31)32)7-8-19(21)24(30)28-17-5-1-4-16(14-17)23-20-6-2-10-26-22(20)9-11-27-23/h1-2,4-11,14-15H,3,12-13H2,(H,28,30). The highest BCUT2D eigenvalue weighted by Crippen LogP contribution is 2.29. The summed E-state index contributed by atoms with van der Waals surface area (Å²) in [7, 11) is -3.43. The summed E-state index contributed by atoms with van der Waals surface area (Å²) in [5.74, 6) is -1.38. The number of nitrogens with one attached hydrogen (secondary N) is 1. The Balaban J connectivity index is 1.41. The molecule has 0 aliphatic carbocycles. The van der Waals surface area contributed by atoms with Gasteiger partial charge in [0.05, 0.1) is 28.2 Å². The van der Waals surface area contributed by atoms with E-state index in [0.29, 0.717) is 18.7 Å². The Hall–Kier alpha value is -3.85. The number of carbonyl (C=O) groups excluding carboxylic acids is 1. The molecule has 4 aromatic rings. The van der Waals surface area contributed by atoms with Crippen LogP contribution in [0.5, 0.6) is 0 Å². The Morgan fingerprint density at radius 1 is 1.00 bits per heavy atom. The number of amides is 1. The maximum atomic E-state index is 14.7. The van der Waals surface area contributed by atoms with Crippen LogP contribution in [0.15, 0.2) is 73.1 Å². The first kappa shape index (κ1) is 21.0. The topological polar surface area (TPSA) is 92.3 Å². The van der Waals surface area contributed by atoms with Crippen LogP contribution in [0.4, 0.5) is 15.8 Å². The molecule has 1 aliphatic heterocycles. The lowest BCUT2D eigenvalue weighted by Crippen LogP contribution is -2.25. The van der Waals surface area contributed by atoms with E-state index in [1.54, 1.807) is 30.6 Å². The number of rotatable bonds is 4. The van der Waals surface area contributed by atoms with Crippen molar-refractivity contribution in [2.45, 2.75) is 6.42 Å². The highest BCUT2D eigenvalue weighted by molar-refractivity contribution is 7.93. The second-order valence-corrected chi connectivity index (χ2v) is 9.68. The zero-order valence-electron chi connectivity index (χ0n) is 17.4. The molecule has 3 heterocycles. The van der Waals surface area contributed by atoms with Gasteiger partial charge < -0.3 is 5.32 Å². The molecule has 0 spiro atoms. The number of carbonyl (C=O) groups is 1. The van der Waals surface area contributed by atoms with E-state index in [2.05, 4.69) is 15.3 Å². The van der Waals surface area contributed by atoms with Gasteiger partial charge in [-0.3, -0.25) is 19.1 Å². The Bertz CT molecular complexity index is 1490. The van der Waals surface area contributed by atoms with Gasteiger partial charge in [-0.25, -0.2) is 12.8 Å². The minimum Gasteiger partial charge on any atom is -0.322 e. The van der Waals surface area contributed by atoms with Crippen molar-refractivity contribution >= 4 is 38.2 Å². The number of anilines is 2. The van der Waals surface area contributed by atoms with Gasteiger partial charge in [-0.15, -0.1) is 0 Å². The molecular formula is C24H19FN4O3S. The van der Waals surface area contributed by atoms with Crippen molar-refractivity contribution in [3.05, 3.63) is 84.4 Å². The molecule has 0 radical (unpaired) electrons. The lowest BCUT2D eigenvalue weighted by atomic mass is 10.1. The molecule has 0 saturated carbocycles. The fraction of sp³-hybridized carbons (Fsp3) is 0.125. The van der Waals surface area contributed by atoms with Gasteiger partial charge in [0.1, 0.15) is 5.82 Å². The van der Waals surface area contributed by atoms with Crippen molar-refractivity contribution in [2.75, 3.05) is 21.9 Å². The molecule has 2 aromatic carbocycles. The number of hydrogen-bond acceptors (Lipinski definition) is 5. The highest BCUT2D eigenvalue weighted by Gasteiger charge is 2.29. The number of benzene rings is 2. The summed E-state index contributed by atoms with van der Waals surface area (Å²) in [4.78, 5) is 21.5. The molecule has 1 aliphatic rings. The first-order chi connectivity index (χ1) is 15.9. The van der Waals surface area contributed by atoms with Crippen LogP contribution in [0.2, 0.25) is 0 Å². The van der Waals surface area contributed by atoms with E-state index in [0.717, 1.165) is 28.2 Å². The van der Waals surface area contributed by atoms with Crippen LogP contribution in [0.1, 0.15) is 16.8 Å². The van der Waals surface area contributed by atoms with Gasteiger partial charge in [0.2, 0.25) is 10.0 Å². The van der Waals surface area contributed by atoms with Gasteiger partial charge in [-0.2, -0.15) is 0 Å². The normalized spacial score (nSPS) is 15.0. The van der Waals surface area contributed by atoms with E-state index < -0.39 is 21.7 Å². The molecule has 166 valence electrons. The number of fused-ring (bicyclic) bond motifs is 1. The number of pyridine rings is 2. The predicted molar refractivity (Wildman–Crippen MR) is 125 cm³/mol. The van der Waals surface area contributed by atoms with Crippen LogP contribution in [-0.4, -0.2) is 36.6 Å². The molecule has 9 heteroatoms. The van der Waals surface area contributed by atoms with Crippen molar-refractivity contribution < 1.29 is 17.6 Å². The van der Waals surface area contributed by atoms with Crippen LogP contribution >= 0.6 is 0 Å². The van der Waals surface area contributed by atoms with E-state index in [9.17, 15) is 17.6 Å². The number of sulfonamides is 1. The van der Waals surface area contributed by atoms with Crippen molar-refractivity contribution in [3.8, 4) is 11.3 Å². The zero-order chi connectivity index (χ0) is 23.0. The average molecular weight is 463 g/mol. The first-order valence-corrected chi connectivity index (χ1v) is 11.9. The summed E-state index contributed by atoms with van der Waals surface area (Å²) in [6.07, 6.45) is 3.87. The monoisotopic (exact) mass is 462 g/mol. The predicted octanol–water partition coefficient (Wildman–Crippen LogP) is 4.23. The summed E-state index contributed by atoms with van der Waals surface area (Å²) in [5, 5.41) is 3.59. The molecule has 1 amide bonds. The Morgan fingerprint density at radius 2 is 1.88 bits per heavy atom. The molecule has 1 fully saturated rings. The second kappa shape index (κ2) is 8.25. The molecule has 0 unspecified atom stereocenters.